The zero-order valence-electron chi connectivity index (χ0n) is 21.2. The van der Waals surface area contributed by atoms with E-state index in [1.165, 1.54) is 12.5 Å². The molecule has 0 saturated carbocycles. The lowest BCUT2D eigenvalue weighted by molar-refractivity contribution is -0.139. The highest BCUT2D eigenvalue weighted by molar-refractivity contribution is 5.97. The number of nitrogens with zero attached hydrogens (tertiary/aromatic N) is 1. The van der Waals surface area contributed by atoms with Gasteiger partial charge in [0.05, 0.1) is 5.56 Å². The molecule has 0 unspecified atom stereocenters. The number of carbonyl (C=O) groups excluding carboxylic acids is 3. The summed E-state index contributed by atoms with van der Waals surface area (Å²) in [5, 5.41) is 2.76. The fourth-order valence-corrected chi connectivity index (χ4v) is 4.30. The van der Waals surface area contributed by atoms with Crippen molar-refractivity contribution in [1.29, 1.82) is 0 Å². The molecule has 2 aromatic rings. The first-order chi connectivity index (χ1) is 16.7. The number of benzene rings is 2. The Balaban J connectivity index is 1.49. The molecule has 2 amide bonds. The topological polar surface area (TPSA) is 84.9 Å². The third kappa shape index (κ3) is 7.07. The molecule has 1 aliphatic heterocycles. The second kappa shape index (κ2) is 11.9. The first kappa shape index (κ1) is 26.3. The Morgan fingerprint density at radius 1 is 0.943 bits per heavy atom. The second-order valence-corrected chi connectivity index (χ2v) is 9.56. The van der Waals surface area contributed by atoms with Crippen LogP contribution in [0.2, 0.25) is 0 Å². The molecule has 0 aliphatic carbocycles. The lowest BCUT2D eigenvalue weighted by Crippen LogP contribution is -2.49. The number of carbonyl (C=O) groups is 3. The summed E-state index contributed by atoms with van der Waals surface area (Å²) in [7, 11) is 0. The van der Waals surface area contributed by atoms with Crippen LogP contribution in [0.3, 0.4) is 0 Å². The van der Waals surface area contributed by atoms with Gasteiger partial charge in [0.2, 0.25) is 0 Å². The van der Waals surface area contributed by atoms with E-state index in [1.54, 1.807) is 24.3 Å². The van der Waals surface area contributed by atoms with Crippen LogP contribution < -0.4 is 10.1 Å². The van der Waals surface area contributed by atoms with Gasteiger partial charge in [0.1, 0.15) is 5.75 Å². The molecule has 35 heavy (non-hydrogen) atoms. The minimum atomic E-state index is -0.964. The molecule has 0 radical (unpaired) electrons. The smallest absolute Gasteiger partial charge is 0.338 e. The van der Waals surface area contributed by atoms with E-state index >= 15 is 0 Å². The first-order valence-corrected chi connectivity index (χ1v) is 12.3. The number of amides is 2. The second-order valence-electron chi connectivity index (χ2n) is 9.56. The molecular weight excluding hydrogens is 444 g/mol. The van der Waals surface area contributed by atoms with Gasteiger partial charge >= 0.3 is 5.97 Å². The number of piperidine rings is 1. The molecular formula is C28H36N2O5. The van der Waals surface area contributed by atoms with Crippen molar-refractivity contribution in [2.75, 3.05) is 11.9 Å². The predicted octanol–water partition coefficient (Wildman–Crippen LogP) is 5.16. The monoisotopic (exact) mass is 480 g/mol. The molecule has 1 N–H and O–H groups in total. The summed E-state index contributed by atoms with van der Waals surface area (Å²) >= 11 is 0. The van der Waals surface area contributed by atoms with Crippen LogP contribution in [-0.4, -0.2) is 47.5 Å². The number of anilines is 1. The summed E-state index contributed by atoms with van der Waals surface area (Å²) in [4.78, 5) is 39.4. The Bertz CT molecular complexity index is 1010. The fraction of sp³-hybridized carbons (Fsp3) is 0.464. The number of ether oxygens (including phenoxy) is 2. The zero-order valence-corrected chi connectivity index (χ0v) is 21.2. The summed E-state index contributed by atoms with van der Waals surface area (Å²) in [6.07, 6.45) is 2.19. The van der Waals surface area contributed by atoms with Crippen LogP contribution >= 0.6 is 0 Å². The van der Waals surface area contributed by atoms with E-state index in [1.807, 2.05) is 29.2 Å². The van der Waals surface area contributed by atoms with E-state index < -0.39 is 18.0 Å². The molecule has 1 fully saturated rings. The van der Waals surface area contributed by atoms with E-state index in [0.717, 1.165) is 19.3 Å². The first-order valence-electron chi connectivity index (χ1n) is 12.3. The van der Waals surface area contributed by atoms with Crippen LogP contribution in [0.25, 0.3) is 0 Å². The fourth-order valence-electron chi connectivity index (χ4n) is 4.30. The van der Waals surface area contributed by atoms with Gasteiger partial charge in [-0.3, -0.25) is 9.59 Å². The molecule has 3 rings (SSSR count). The highest BCUT2D eigenvalue weighted by atomic mass is 16.5. The molecule has 7 nitrogen and oxygen atoms in total. The Morgan fingerprint density at radius 3 is 2.11 bits per heavy atom. The van der Waals surface area contributed by atoms with Gasteiger partial charge in [-0.15, -0.1) is 0 Å². The Morgan fingerprint density at radius 2 is 1.54 bits per heavy atom. The molecule has 0 spiro atoms. The number of esters is 1. The van der Waals surface area contributed by atoms with Crippen molar-refractivity contribution in [3.63, 3.8) is 0 Å². The van der Waals surface area contributed by atoms with E-state index in [0.29, 0.717) is 22.9 Å². The normalized spacial score (nSPS) is 18.6. The van der Waals surface area contributed by atoms with Crippen molar-refractivity contribution < 1.29 is 23.9 Å². The maximum Gasteiger partial charge on any atom is 0.338 e. The van der Waals surface area contributed by atoms with Crippen molar-refractivity contribution in [1.82, 2.24) is 4.90 Å². The van der Waals surface area contributed by atoms with E-state index in [4.69, 9.17) is 9.47 Å². The van der Waals surface area contributed by atoms with Crippen molar-refractivity contribution in [3.8, 4) is 5.75 Å². The maximum atomic E-state index is 12.6. The number of nitrogens with one attached hydrogen (secondary N) is 1. The highest BCUT2D eigenvalue weighted by Gasteiger charge is 2.29. The van der Waals surface area contributed by atoms with E-state index in [-0.39, 0.29) is 24.6 Å². The van der Waals surface area contributed by atoms with Gasteiger partial charge in [-0.1, -0.05) is 26.0 Å². The molecule has 1 heterocycles. The van der Waals surface area contributed by atoms with E-state index in [2.05, 4.69) is 33.0 Å². The Hall–Kier alpha value is -3.35. The van der Waals surface area contributed by atoms with Gasteiger partial charge in [-0.2, -0.15) is 0 Å². The van der Waals surface area contributed by atoms with Gasteiger partial charge in [-0.05, 0) is 87.9 Å². The highest BCUT2D eigenvalue weighted by Crippen LogP contribution is 2.23. The van der Waals surface area contributed by atoms with Crippen LogP contribution in [0.5, 0.6) is 5.75 Å². The van der Waals surface area contributed by atoms with Gasteiger partial charge in [0, 0.05) is 17.8 Å². The van der Waals surface area contributed by atoms with Crippen molar-refractivity contribution >= 4 is 23.5 Å². The molecule has 2 aromatic carbocycles. The Labute approximate surface area is 207 Å². The number of rotatable bonds is 8. The third-order valence-electron chi connectivity index (χ3n) is 6.43. The van der Waals surface area contributed by atoms with Crippen molar-refractivity contribution in [3.05, 3.63) is 59.7 Å². The lowest BCUT2D eigenvalue weighted by atomic mass is 9.97. The van der Waals surface area contributed by atoms with Gasteiger partial charge in [-0.25, -0.2) is 4.79 Å². The van der Waals surface area contributed by atoms with Crippen LogP contribution in [0.1, 0.15) is 75.7 Å². The van der Waals surface area contributed by atoms with E-state index in [9.17, 15) is 14.4 Å². The minimum Gasteiger partial charge on any atom is -0.484 e. The molecule has 7 heteroatoms. The molecule has 1 aliphatic rings. The largest absolute Gasteiger partial charge is 0.484 e. The van der Waals surface area contributed by atoms with Gasteiger partial charge in [0.15, 0.2) is 12.7 Å². The summed E-state index contributed by atoms with van der Waals surface area (Å²) in [6.45, 7) is 9.82. The molecule has 1 saturated heterocycles. The molecule has 0 bridgehead atoms. The molecule has 0 aromatic heterocycles. The standard InChI is InChI=1S/C28H36N2O5/c1-18(2)22-9-13-24(14-10-22)29-27(32)21(5)35-28(33)23-11-15-25(16-12-23)34-17-26(31)30-19(3)7-6-8-20(30)4/h9-16,18-21H,6-8,17H2,1-5H3,(H,29,32)/t19-,20-,21-/m0/s1. The van der Waals surface area contributed by atoms with Crippen LogP contribution in [0, 0.1) is 0 Å². The SMILES string of the molecule is CC(C)c1ccc(NC(=O)[C@H](C)OC(=O)c2ccc(OCC(=O)N3[C@@H](C)CCC[C@@H]3C)cc2)cc1. The van der Waals surface area contributed by atoms with Crippen molar-refractivity contribution in [2.24, 2.45) is 0 Å². The van der Waals surface area contributed by atoms with Gasteiger partial charge in [0.25, 0.3) is 11.8 Å². The zero-order chi connectivity index (χ0) is 25.5. The quantitative estimate of drug-likeness (QED) is 0.528. The maximum absolute atomic E-state index is 12.6. The van der Waals surface area contributed by atoms with Crippen molar-refractivity contribution in [2.45, 2.75) is 78.0 Å². The Kier molecular flexibility index (Phi) is 8.90. The third-order valence-corrected chi connectivity index (χ3v) is 6.43. The van der Waals surface area contributed by atoms with Crippen LogP contribution in [0.4, 0.5) is 5.69 Å². The number of likely N-dealkylation sites (tertiary alicyclic amines) is 1. The molecule has 188 valence electrons. The van der Waals surface area contributed by atoms with Crippen LogP contribution in [0.15, 0.2) is 48.5 Å². The summed E-state index contributed by atoms with van der Waals surface area (Å²) < 4.78 is 11.0. The minimum absolute atomic E-state index is 0.0353. The average Bonchev–Trinajstić information content (AvgIpc) is 2.83. The van der Waals surface area contributed by atoms with Gasteiger partial charge < -0.3 is 19.7 Å². The summed E-state index contributed by atoms with van der Waals surface area (Å²) in [5.74, 6) is -0.162. The number of hydrogen-bond donors (Lipinski definition) is 1. The summed E-state index contributed by atoms with van der Waals surface area (Å²) in [5.41, 5.74) is 2.12. The average molecular weight is 481 g/mol. The van der Waals surface area contributed by atoms with Crippen LogP contribution in [-0.2, 0) is 14.3 Å². The molecule has 3 atom stereocenters. The predicted molar refractivity (Wildman–Crippen MR) is 136 cm³/mol. The number of hydrogen-bond acceptors (Lipinski definition) is 5. The lowest BCUT2D eigenvalue weighted by Gasteiger charge is -2.38. The summed E-state index contributed by atoms with van der Waals surface area (Å²) in [6, 6.07) is 14.4.